The molecular formula is C34H39NO7. The Labute approximate surface area is 246 Å². The fourth-order valence-electron chi connectivity index (χ4n) is 4.17. The zero-order valence-electron chi connectivity index (χ0n) is 25.4. The fraction of sp³-hybridized carbons (Fsp3) is 0.353. The summed E-state index contributed by atoms with van der Waals surface area (Å²) in [5.41, 5.74) is -0.899. The molecule has 3 rings (SSSR count). The second-order valence-electron chi connectivity index (χ2n) is 12.2. The standard InChI is InChI=1S/C34H39NO7/c1-19(2)33(5,6)21-9-13-23(14-10-21)42-24-15-11-22(12-16-24)35-30(37)26-17-25(29(36)34(7,8)20(3)4)27(31(38)39)18-28(26)32(40)41/h9-20H,1-8H3,(H,35,37)(H,38,39)(H,40,41). The van der Waals surface area contributed by atoms with Crippen molar-refractivity contribution in [3.8, 4) is 11.5 Å². The van der Waals surface area contributed by atoms with Crippen molar-refractivity contribution in [2.75, 3.05) is 5.32 Å². The van der Waals surface area contributed by atoms with Crippen molar-refractivity contribution in [1.82, 2.24) is 0 Å². The van der Waals surface area contributed by atoms with E-state index in [4.69, 9.17) is 4.74 Å². The number of carbonyl (C=O) groups excluding carboxylic acids is 2. The number of ketones is 1. The lowest BCUT2D eigenvalue weighted by Gasteiger charge is -2.30. The molecule has 42 heavy (non-hydrogen) atoms. The Morgan fingerprint density at radius 1 is 0.667 bits per heavy atom. The second kappa shape index (κ2) is 12.2. The zero-order chi connectivity index (χ0) is 31.6. The first kappa shape index (κ1) is 32.1. The Balaban J connectivity index is 1.87. The quantitative estimate of drug-likeness (QED) is 0.199. The van der Waals surface area contributed by atoms with E-state index in [9.17, 15) is 29.4 Å². The number of nitrogens with one attached hydrogen (secondary N) is 1. The van der Waals surface area contributed by atoms with Gasteiger partial charge in [-0.15, -0.1) is 0 Å². The van der Waals surface area contributed by atoms with Gasteiger partial charge in [-0.2, -0.15) is 0 Å². The van der Waals surface area contributed by atoms with E-state index in [0.29, 0.717) is 23.1 Å². The molecule has 0 spiro atoms. The number of amides is 1. The fourth-order valence-corrected chi connectivity index (χ4v) is 4.17. The zero-order valence-corrected chi connectivity index (χ0v) is 25.4. The molecule has 8 heteroatoms. The predicted molar refractivity (Wildman–Crippen MR) is 162 cm³/mol. The molecule has 3 N–H and O–H groups in total. The Kier molecular flexibility index (Phi) is 9.30. The number of ether oxygens (including phenoxy) is 1. The molecule has 222 valence electrons. The molecule has 3 aromatic rings. The van der Waals surface area contributed by atoms with Crippen LogP contribution in [0, 0.1) is 17.3 Å². The SMILES string of the molecule is CC(C)C(C)(C)C(=O)c1cc(C(=O)Nc2ccc(Oc3ccc(C(C)(C)C(C)C)cc3)cc2)c(C(=O)O)cc1C(=O)O. The van der Waals surface area contributed by atoms with Crippen LogP contribution in [0.3, 0.4) is 0 Å². The molecule has 0 saturated heterocycles. The third-order valence-corrected chi connectivity index (χ3v) is 8.53. The first-order valence-corrected chi connectivity index (χ1v) is 13.9. The smallest absolute Gasteiger partial charge is 0.336 e. The van der Waals surface area contributed by atoms with Crippen LogP contribution >= 0.6 is 0 Å². The van der Waals surface area contributed by atoms with E-state index < -0.39 is 40.2 Å². The van der Waals surface area contributed by atoms with Gasteiger partial charge in [-0.3, -0.25) is 9.59 Å². The van der Waals surface area contributed by atoms with Crippen LogP contribution in [0.5, 0.6) is 11.5 Å². The van der Waals surface area contributed by atoms with Gasteiger partial charge in [-0.1, -0.05) is 67.5 Å². The van der Waals surface area contributed by atoms with Gasteiger partial charge in [0.2, 0.25) is 0 Å². The average Bonchev–Trinajstić information content (AvgIpc) is 2.92. The predicted octanol–water partition coefficient (Wildman–Crippen LogP) is 7.93. The molecule has 0 radical (unpaired) electrons. The van der Waals surface area contributed by atoms with Gasteiger partial charge < -0.3 is 20.3 Å². The van der Waals surface area contributed by atoms with Crippen LogP contribution in [0.15, 0.2) is 60.7 Å². The van der Waals surface area contributed by atoms with Gasteiger partial charge in [0.15, 0.2) is 5.78 Å². The number of benzene rings is 3. The van der Waals surface area contributed by atoms with E-state index in [1.54, 1.807) is 38.1 Å². The van der Waals surface area contributed by atoms with Crippen LogP contribution in [0.2, 0.25) is 0 Å². The summed E-state index contributed by atoms with van der Waals surface area (Å²) in [7, 11) is 0. The summed E-state index contributed by atoms with van der Waals surface area (Å²) >= 11 is 0. The van der Waals surface area contributed by atoms with Crippen molar-refractivity contribution in [2.45, 2.75) is 60.8 Å². The Morgan fingerprint density at radius 2 is 1.12 bits per heavy atom. The van der Waals surface area contributed by atoms with Gasteiger partial charge in [0.25, 0.3) is 5.91 Å². The number of carboxylic acids is 2. The van der Waals surface area contributed by atoms with Crippen LogP contribution in [-0.4, -0.2) is 33.8 Å². The number of Topliss-reactive ketones (excluding diaryl/α,β-unsaturated/α-hetero) is 1. The molecule has 0 heterocycles. The maximum atomic E-state index is 13.4. The summed E-state index contributed by atoms with van der Waals surface area (Å²) in [6.07, 6.45) is 0. The van der Waals surface area contributed by atoms with Crippen LogP contribution in [-0.2, 0) is 5.41 Å². The minimum absolute atomic E-state index is 0.0194. The third-order valence-electron chi connectivity index (χ3n) is 8.53. The number of anilines is 1. The van der Waals surface area contributed by atoms with Crippen molar-refractivity contribution in [3.05, 3.63) is 88.5 Å². The molecule has 0 aromatic heterocycles. The summed E-state index contributed by atoms with van der Waals surface area (Å²) in [5, 5.41) is 22.1. The molecule has 1 amide bonds. The summed E-state index contributed by atoms with van der Waals surface area (Å²) in [6.45, 7) is 15.8. The van der Waals surface area contributed by atoms with Crippen LogP contribution in [0.1, 0.15) is 102 Å². The molecule has 0 bridgehead atoms. The van der Waals surface area contributed by atoms with Crippen LogP contribution in [0.4, 0.5) is 5.69 Å². The van der Waals surface area contributed by atoms with E-state index in [0.717, 1.165) is 12.1 Å². The van der Waals surface area contributed by atoms with Crippen LogP contribution < -0.4 is 10.1 Å². The molecule has 0 aliphatic heterocycles. The summed E-state index contributed by atoms with van der Waals surface area (Å²) in [4.78, 5) is 50.6. The van der Waals surface area contributed by atoms with E-state index in [2.05, 4.69) is 33.0 Å². The number of carbonyl (C=O) groups is 4. The summed E-state index contributed by atoms with van der Waals surface area (Å²) in [6, 6.07) is 16.4. The maximum Gasteiger partial charge on any atom is 0.336 e. The molecule has 8 nitrogen and oxygen atoms in total. The molecule has 0 aliphatic carbocycles. The van der Waals surface area contributed by atoms with Crippen molar-refractivity contribution in [1.29, 1.82) is 0 Å². The number of hydrogen-bond donors (Lipinski definition) is 3. The largest absolute Gasteiger partial charge is 0.478 e. The second-order valence-corrected chi connectivity index (χ2v) is 12.2. The van der Waals surface area contributed by atoms with Gasteiger partial charge in [0, 0.05) is 16.7 Å². The summed E-state index contributed by atoms with van der Waals surface area (Å²) < 4.78 is 5.95. The highest BCUT2D eigenvalue weighted by molar-refractivity contribution is 6.15. The molecule has 0 saturated carbocycles. The van der Waals surface area contributed by atoms with Gasteiger partial charge in [0.05, 0.1) is 16.7 Å². The van der Waals surface area contributed by atoms with E-state index >= 15 is 0 Å². The third kappa shape index (κ3) is 6.70. The lowest BCUT2D eigenvalue weighted by Crippen LogP contribution is -2.32. The Bertz CT molecular complexity index is 1500. The minimum atomic E-state index is -1.49. The Morgan fingerprint density at radius 3 is 1.57 bits per heavy atom. The van der Waals surface area contributed by atoms with E-state index in [1.807, 2.05) is 38.1 Å². The van der Waals surface area contributed by atoms with E-state index in [-0.39, 0.29) is 22.5 Å². The van der Waals surface area contributed by atoms with Gasteiger partial charge in [-0.05, 0) is 71.3 Å². The number of aromatic carboxylic acids is 2. The van der Waals surface area contributed by atoms with Gasteiger partial charge in [0.1, 0.15) is 11.5 Å². The molecular weight excluding hydrogens is 534 g/mol. The number of carboxylic acid groups (broad SMARTS) is 2. The lowest BCUT2D eigenvalue weighted by atomic mass is 9.74. The molecule has 0 fully saturated rings. The first-order valence-electron chi connectivity index (χ1n) is 13.9. The highest BCUT2D eigenvalue weighted by Gasteiger charge is 2.36. The average molecular weight is 574 g/mol. The lowest BCUT2D eigenvalue weighted by molar-refractivity contribution is 0.0676. The molecule has 0 unspecified atom stereocenters. The van der Waals surface area contributed by atoms with E-state index in [1.165, 1.54) is 5.56 Å². The van der Waals surface area contributed by atoms with Crippen molar-refractivity contribution in [3.63, 3.8) is 0 Å². The highest BCUT2D eigenvalue weighted by Crippen LogP contribution is 2.34. The topological polar surface area (TPSA) is 130 Å². The normalized spacial score (nSPS) is 11.9. The van der Waals surface area contributed by atoms with Crippen molar-refractivity contribution >= 4 is 29.3 Å². The van der Waals surface area contributed by atoms with Gasteiger partial charge in [-0.25, -0.2) is 9.59 Å². The molecule has 0 atom stereocenters. The van der Waals surface area contributed by atoms with Crippen molar-refractivity contribution in [2.24, 2.45) is 17.3 Å². The minimum Gasteiger partial charge on any atom is -0.478 e. The van der Waals surface area contributed by atoms with Crippen molar-refractivity contribution < 1.29 is 34.1 Å². The Hall–Kier alpha value is -4.46. The molecule has 3 aromatic carbocycles. The number of rotatable bonds is 11. The first-order chi connectivity index (χ1) is 19.5. The maximum absolute atomic E-state index is 13.4. The number of hydrogen-bond acceptors (Lipinski definition) is 5. The van der Waals surface area contributed by atoms with Crippen LogP contribution in [0.25, 0.3) is 0 Å². The van der Waals surface area contributed by atoms with Gasteiger partial charge >= 0.3 is 11.9 Å². The summed E-state index contributed by atoms with van der Waals surface area (Å²) in [5.74, 6) is -2.73. The molecule has 0 aliphatic rings. The highest BCUT2D eigenvalue weighted by atomic mass is 16.5. The monoisotopic (exact) mass is 573 g/mol.